The highest BCUT2D eigenvalue weighted by Gasteiger charge is 2.70. The van der Waals surface area contributed by atoms with Crippen molar-refractivity contribution < 1.29 is 23.9 Å². The average molecular weight is 341 g/mol. The Bertz CT molecular complexity index is 823. The van der Waals surface area contributed by atoms with Gasteiger partial charge in [-0.15, -0.1) is 0 Å². The maximum atomic E-state index is 13.1. The fourth-order valence-corrected chi connectivity index (χ4v) is 4.35. The van der Waals surface area contributed by atoms with Crippen LogP contribution in [-0.2, 0) is 14.3 Å². The average Bonchev–Trinajstić information content (AvgIpc) is 3.11. The van der Waals surface area contributed by atoms with E-state index in [-0.39, 0.29) is 17.6 Å². The summed E-state index contributed by atoms with van der Waals surface area (Å²) in [5.74, 6) is -1.54. The number of carbonyl (C=O) groups is 3. The molecular formula is C19H19NO5. The summed E-state index contributed by atoms with van der Waals surface area (Å²) in [7, 11) is 1.47. The van der Waals surface area contributed by atoms with Crippen molar-refractivity contribution in [1.82, 2.24) is 0 Å². The van der Waals surface area contributed by atoms with Gasteiger partial charge in [-0.1, -0.05) is 12.2 Å². The van der Waals surface area contributed by atoms with Gasteiger partial charge in [0, 0.05) is 5.56 Å². The highest BCUT2D eigenvalue weighted by Crippen LogP contribution is 2.58. The second-order valence-electron chi connectivity index (χ2n) is 7.21. The Morgan fingerprint density at radius 1 is 1.12 bits per heavy atom. The van der Waals surface area contributed by atoms with Crippen molar-refractivity contribution in [3.05, 3.63) is 35.9 Å². The summed E-state index contributed by atoms with van der Waals surface area (Å²) in [5.41, 5.74) is -0.840. The molecular weight excluding hydrogens is 322 g/mol. The number of methoxy groups -OCH3 is 1. The minimum Gasteiger partial charge on any atom is -0.495 e. The molecule has 0 N–H and O–H groups in total. The number of ether oxygens (including phenoxy) is 2. The van der Waals surface area contributed by atoms with Crippen LogP contribution < -0.4 is 9.64 Å². The van der Waals surface area contributed by atoms with Gasteiger partial charge in [-0.05, 0) is 39.0 Å². The van der Waals surface area contributed by atoms with Crippen LogP contribution in [0.25, 0.3) is 0 Å². The van der Waals surface area contributed by atoms with Gasteiger partial charge in [0.2, 0.25) is 11.8 Å². The first-order valence-electron chi connectivity index (χ1n) is 8.19. The van der Waals surface area contributed by atoms with Gasteiger partial charge in [0.25, 0.3) is 0 Å². The Morgan fingerprint density at radius 2 is 1.68 bits per heavy atom. The molecule has 0 saturated carbocycles. The number of nitrogens with zero attached hydrogens (tertiary/aromatic N) is 1. The predicted molar refractivity (Wildman–Crippen MR) is 89.5 cm³/mol. The third kappa shape index (κ3) is 1.91. The van der Waals surface area contributed by atoms with E-state index in [9.17, 15) is 14.4 Å². The predicted octanol–water partition coefficient (Wildman–Crippen LogP) is 2.12. The lowest BCUT2D eigenvalue weighted by Gasteiger charge is -2.26. The highest BCUT2D eigenvalue weighted by atomic mass is 16.5. The van der Waals surface area contributed by atoms with Crippen LogP contribution >= 0.6 is 0 Å². The summed E-state index contributed by atoms with van der Waals surface area (Å²) in [6.45, 7) is 5.10. The van der Waals surface area contributed by atoms with Crippen molar-refractivity contribution >= 4 is 23.3 Å². The molecule has 2 fully saturated rings. The van der Waals surface area contributed by atoms with E-state index in [2.05, 4.69) is 0 Å². The molecule has 1 aromatic rings. The number of hydrogen-bond donors (Lipinski definition) is 0. The maximum Gasteiger partial charge on any atom is 0.241 e. The third-order valence-corrected chi connectivity index (χ3v) is 5.55. The third-order valence-electron chi connectivity index (χ3n) is 5.55. The molecule has 2 amide bonds. The molecule has 130 valence electrons. The zero-order valence-corrected chi connectivity index (χ0v) is 14.5. The number of rotatable bonds is 3. The fraction of sp³-hybridized carbons (Fsp3) is 0.421. The van der Waals surface area contributed by atoms with Crippen LogP contribution in [0.15, 0.2) is 30.4 Å². The molecule has 0 aromatic heterocycles. The lowest BCUT2D eigenvalue weighted by atomic mass is 9.73. The number of ketones is 1. The SMILES string of the molecule is COc1ccc(C(C)=O)cc1N1C(=O)[C@@H]2[C@@H](C1=O)[C@@]1(C)C=C[C@@]2(C)O1. The molecule has 2 bridgehead atoms. The maximum absolute atomic E-state index is 13.1. The molecule has 0 radical (unpaired) electrons. The van der Waals surface area contributed by atoms with Crippen LogP contribution in [0, 0.1) is 11.8 Å². The Hall–Kier alpha value is -2.47. The van der Waals surface area contributed by atoms with E-state index in [0.29, 0.717) is 17.0 Å². The summed E-state index contributed by atoms with van der Waals surface area (Å²) in [6.07, 6.45) is 3.73. The second-order valence-corrected chi connectivity index (χ2v) is 7.21. The quantitative estimate of drug-likeness (QED) is 0.478. The molecule has 4 rings (SSSR count). The summed E-state index contributed by atoms with van der Waals surface area (Å²) < 4.78 is 11.3. The number of benzene rings is 1. The van der Waals surface area contributed by atoms with Crippen LogP contribution in [0.1, 0.15) is 31.1 Å². The molecule has 3 heterocycles. The minimum atomic E-state index is -0.785. The molecule has 3 aliphatic rings. The number of Topliss-reactive ketones (excluding diaryl/α,β-unsaturated/α-hetero) is 1. The summed E-state index contributed by atoms with van der Waals surface area (Å²) >= 11 is 0. The van der Waals surface area contributed by atoms with Crippen molar-refractivity contribution in [2.45, 2.75) is 32.0 Å². The normalized spacial score (nSPS) is 35.4. The first-order valence-corrected chi connectivity index (χ1v) is 8.19. The van der Waals surface area contributed by atoms with Crippen LogP contribution in [-0.4, -0.2) is 35.9 Å². The Morgan fingerprint density at radius 3 is 2.16 bits per heavy atom. The number of amides is 2. The van der Waals surface area contributed by atoms with Crippen molar-refractivity contribution in [2.24, 2.45) is 11.8 Å². The van der Waals surface area contributed by atoms with Crippen LogP contribution in [0.4, 0.5) is 5.69 Å². The monoisotopic (exact) mass is 341 g/mol. The molecule has 0 spiro atoms. The number of imide groups is 1. The first-order chi connectivity index (χ1) is 11.7. The standard InChI is InChI=1S/C19H19NO5/c1-10(21)11-5-6-13(24-4)12(9-11)20-16(22)14-15(17(20)23)19(3)8-7-18(14,2)25-19/h5-9,14-15H,1-4H3/t14-,15-,18+,19+/m0/s1. The molecule has 25 heavy (non-hydrogen) atoms. The number of hydrogen-bond acceptors (Lipinski definition) is 5. The van der Waals surface area contributed by atoms with E-state index < -0.39 is 23.0 Å². The van der Waals surface area contributed by atoms with Gasteiger partial charge < -0.3 is 9.47 Å². The highest BCUT2D eigenvalue weighted by molar-refractivity contribution is 6.24. The number of fused-ring (bicyclic) bond motifs is 5. The first kappa shape index (κ1) is 16.0. The summed E-state index contributed by atoms with van der Waals surface area (Å²) in [6, 6.07) is 4.76. The molecule has 6 heteroatoms. The fourth-order valence-electron chi connectivity index (χ4n) is 4.35. The van der Waals surface area contributed by atoms with Crippen LogP contribution in [0.3, 0.4) is 0 Å². The van der Waals surface area contributed by atoms with E-state index in [0.717, 1.165) is 4.90 Å². The van der Waals surface area contributed by atoms with Gasteiger partial charge in [0.1, 0.15) is 5.75 Å². The van der Waals surface area contributed by atoms with Crippen LogP contribution in [0.5, 0.6) is 5.75 Å². The topological polar surface area (TPSA) is 72.9 Å². The van der Waals surface area contributed by atoms with Gasteiger partial charge in [-0.25, -0.2) is 4.90 Å². The van der Waals surface area contributed by atoms with E-state index in [1.54, 1.807) is 18.2 Å². The molecule has 0 aliphatic carbocycles. The molecule has 0 unspecified atom stereocenters. The minimum absolute atomic E-state index is 0.146. The van der Waals surface area contributed by atoms with Gasteiger partial charge in [-0.2, -0.15) is 0 Å². The van der Waals surface area contributed by atoms with Gasteiger partial charge in [0.05, 0.1) is 35.8 Å². The van der Waals surface area contributed by atoms with Crippen molar-refractivity contribution in [2.75, 3.05) is 12.0 Å². The summed E-state index contributed by atoms with van der Waals surface area (Å²) in [5, 5.41) is 0. The molecule has 6 nitrogen and oxygen atoms in total. The van der Waals surface area contributed by atoms with Gasteiger partial charge in [0.15, 0.2) is 5.78 Å². The van der Waals surface area contributed by atoms with Crippen LogP contribution in [0.2, 0.25) is 0 Å². The van der Waals surface area contributed by atoms with Crippen molar-refractivity contribution in [1.29, 1.82) is 0 Å². The Labute approximate surface area is 145 Å². The van der Waals surface area contributed by atoms with E-state index in [1.165, 1.54) is 14.0 Å². The lowest BCUT2D eigenvalue weighted by molar-refractivity contribution is -0.128. The zero-order chi connectivity index (χ0) is 18.1. The Kier molecular flexibility index (Phi) is 3.07. The Balaban J connectivity index is 1.84. The number of anilines is 1. The smallest absolute Gasteiger partial charge is 0.241 e. The van der Waals surface area contributed by atoms with Crippen molar-refractivity contribution in [3.63, 3.8) is 0 Å². The zero-order valence-electron chi connectivity index (χ0n) is 14.5. The van der Waals surface area contributed by atoms with Crippen molar-refractivity contribution in [3.8, 4) is 5.75 Å². The van der Waals surface area contributed by atoms with Gasteiger partial charge in [-0.3, -0.25) is 14.4 Å². The molecule has 4 atom stereocenters. The molecule has 3 aliphatic heterocycles. The van der Waals surface area contributed by atoms with E-state index in [1.807, 2.05) is 26.0 Å². The molecule has 1 aromatic carbocycles. The van der Waals surface area contributed by atoms with Gasteiger partial charge >= 0.3 is 0 Å². The van der Waals surface area contributed by atoms with E-state index >= 15 is 0 Å². The summed E-state index contributed by atoms with van der Waals surface area (Å²) in [4.78, 5) is 39.2. The molecule has 2 saturated heterocycles. The van der Waals surface area contributed by atoms with E-state index in [4.69, 9.17) is 9.47 Å². The second kappa shape index (κ2) is 4.79. The lowest BCUT2D eigenvalue weighted by Crippen LogP contribution is -2.39. The number of carbonyl (C=O) groups excluding carboxylic acids is 3. The largest absolute Gasteiger partial charge is 0.495 e.